The van der Waals surface area contributed by atoms with Crippen LogP contribution in [0.1, 0.15) is 22.9 Å². The maximum absolute atomic E-state index is 12.6. The summed E-state index contributed by atoms with van der Waals surface area (Å²) >= 11 is 0. The molecule has 0 unspecified atom stereocenters. The fraction of sp³-hybridized carbons (Fsp3) is 0.538. The van der Waals surface area contributed by atoms with E-state index in [0.717, 1.165) is 4.31 Å². The summed E-state index contributed by atoms with van der Waals surface area (Å²) in [6.45, 7) is 5.83. The Balaban J connectivity index is 2.09. The third kappa shape index (κ3) is 3.76. The molecule has 0 fully saturated rings. The summed E-state index contributed by atoms with van der Waals surface area (Å²) < 4.78 is 62.8. The molecule has 0 aliphatic heterocycles. The molecule has 1 N–H and O–H groups in total. The number of aryl methyl sites for hydroxylation is 4. The molecule has 0 aliphatic rings. The minimum absolute atomic E-state index is 0.0106. The molecule has 25 heavy (non-hydrogen) atoms. The lowest BCUT2D eigenvalue weighted by atomic mass is 10.4. The van der Waals surface area contributed by atoms with Crippen molar-refractivity contribution in [2.24, 2.45) is 0 Å². The highest BCUT2D eigenvalue weighted by molar-refractivity contribution is 7.89. The molecule has 2 aromatic rings. The van der Waals surface area contributed by atoms with Gasteiger partial charge in [-0.1, -0.05) is 10.3 Å². The molecule has 0 saturated carbocycles. The highest BCUT2D eigenvalue weighted by Crippen LogP contribution is 2.22. The van der Waals surface area contributed by atoms with Crippen molar-refractivity contribution >= 4 is 20.0 Å². The minimum atomic E-state index is -3.85. The lowest BCUT2D eigenvalue weighted by Crippen LogP contribution is -2.36. The van der Waals surface area contributed by atoms with Gasteiger partial charge in [0.25, 0.3) is 0 Å². The third-order valence-electron chi connectivity index (χ3n) is 3.59. The fourth-order valence-corrected chi connectivity index (χ4v) is 5.19. The Labute approximate surface area is 146 Å². The van der Waals surface area contributed by atoms with Crippen LogP contribution in [0, 0.1) is 27.7 Å². The molecular formula is C13H20N4O6S2. The Morgan fingerprint density at radius 1 is 0.920 bits per heavy atom. The standard InChI is InChI=1S/C13H20N4O6S2/c1-8-12(10(3)22-15-8)24(18,19)14-6-7-17(5)25(20,21)13-9(2)16-23-11(13)4/h14H,6-7H2,1-5H3. The van der Waals surface area contributed by atoms with Crippen molar-refractivity contribution in [3.8, 4) is 0 Å². The molecule has 2 aromatic heterocycles. The molecule has 0 saturated heterocycles. The van der Waals surface area contributed by atoms with E-state index in [9.17, 15) is 16.8 Å². The van der Waals surface area contributed by atoms with Gasteiger partial charge in [-0.3, -0.25) is 0 Å². The number of hydrogen-bond donors (Lipinski definition) is 1. The van der Waals surface area contributed by atoms with E-state index in [1.165, 1.54) is 34.7 Å². The Hall–Kier alpha value is -1.76. The van der Waals surface area contributed by atoms with Gasteiger partial charge in [0.05, 0.1) is 0 Å². The lowest BCUT2D eigenvalue weighted by molar-refractivity contribution is 0.389. The van der Waals surface area contributed by atoms with Crippen molar-refractivity contribution < 1.29 is 25.9 Å². The van der Waals surface area contributed by atoms with Gasteiger partial charge in [-0.2, -0.15) is 4.31 Å². The molecule has 2 rings (SSSR count). The summed E-state index contributed by atoms with van der Waals surface area (Å²) in [6.07, 6.45) is 0. The molecule has 0 aliphatic carbocycles. The number of sulfonamides is 2. The molecule has 0 radical (unpaired) electrons. The maximum atomic E-state index is 12.6. The van der Waals surface area contributed by atoms with Crippen molar-refractivity contribution in [1.29, 1.82) is 0 Å². The van der Waals surface area contributed by atoms with Crippen LogP contribution in [-0.2, 0) is 20.0 Å². The second kappa shape index (κ2) is 6.86. The molecular weight excluding hydrogens is 372 g/mol. The summed E-state index contributed by atoms with van der Waals surface area (Å²) in [5, 5.41) is 7.23. The molecule has 2 heterocycles. The van der Waals surface area contributed by atoms with E-state index < -0.39 is 20.0 Å². The van der Waals surface area contributed by atoms with Gasteiger partial charge in [0.1, 0.15) is 21.2 Å². The largest absolute Gasteiger partial charge is 0.360 e. The Morgan fingerprint density at radius 3 is 1.84 bits per heavy atom. The smallest absolute Gasteiger partial charge is 0.248 e. The van der Waals surface area contributed by atoms with Gasteiger partial charge < -0.3 is 9.05 Å². The lowest BCUT2D eigenvalue weighted by Gasteiger charge is -2.17. The van der Waals surface area contributed by atoms with E-state index in [-0.39, 0.29) is 45.8 Å². The SMILES string of the molecule is Cc1noc(C)c1S(=O)(=O)NCCN(C)S(=O)(=O)c1c(C)noc1C. The molecule has 10 nitrogen and oxygen atoms in total. The average Bonchev–Trinajstić information content (AvgIpc) is 3.01. The molecule has 0 atom stereocenters. The Morgan fingerprint density at radius 2 is 1.40 bits per heavy atom. The first-order chi connectivity index (χ1) is 11.5. The van der Waals surface area contributed by atoms with Crippen molar-refractivity contribution in [3.63, 3.8) is 0 Å². The summed E-state index contributed by atoms with van der Waals surface area (Å²) in [4.78, 5) is -0.0488. The predicted molar refractivity (Wildman–Crippen MR) is 87.0 cm³/mol. The Kier molecular flexibility index (Phi) is 5.37. The van der Waals surface area contributed by atoms with Gasteiger partial charge in [-0.25, -0.2) is 21.6 Å². The fourth-order valence-electron chi connectivity index (χ4n) is 2.39. The number of aromatic nitrogens is 2. The van der Waals surface area contributed by atoms with Crippen molar-refractivity contribution in [3.05, 3.63) is 22.9 Å². The first-order valence-electron chi connectivity index (χ1n) is 7.30. The van der Waals surface area contributed by atoms with Crippen LogP contribution in [0.5, 0.6) is 0 Å². The van der Waals surface area contributed by atoms with Crippen LogP contribution in [-0.4, -0.2) is 51.6 Å². The van der Waals surface area contributed by atoms with E-state index in [4.69, 9.17) is 9.05 Å². The zero-order valence-electron chi connectivity index (χ0n) is 14.5. The van der Waals surface area contributed by atoms with Gasteiger partial charge in [-0.05, 0) is 27.7 Å². The van der Waals surface area contributed by atoms with Gasteiger partial charge in [0.2, 0.25) is 20.0 Å². The number of hydrogen-bond acceptors (Lipinski definition) is 8. The van der Waals surface area contributed by atoms with Gasteiger partial charge in [0, 0.05) is 20.1 Å². The molecule has 140 valence electrons. The van der Waals surface area contributed by atoms with Gasteiger partial charge in [-0.15, -0.1) is 0 Å². The first kappa shape index (κ1) is 19.6. The van der Waals surface area contributed by atoms with E-state index in [1.807, 2.05) is 0 Å². The minimum Gasteiger partial charge on any atom is -0.360 e. The van der Waals surface area contributed by atoms with Crippen LogP contribution >= 0.6 is 0 Å². The predicted octanol–water partition coefficient (Wildman–Crippen LogP) is 0.495. The van der Waals surface area contributed by atoms with E-state index >= 15 is 0 Å². The normalized spacial score (nSPS) is 12.9. The first-order valence-corrected chi connectivity index (χ1v) is 10.2. The number of nitrogens with zero attached hydrogens (tertiary/aromatic N) is 3. The summed E-state index contributed by atoms with van der Waals surface area (Å²) in [5.74, 6) is 0.349. The van der Waals surface area contributed by atoms with Crippen molar-refractivity contribution in [2.75, 3.05) is 20.1 Å². The van der Waals surface area contributed by atoms with Crippen LogP contribution in [0.15, 0.2) is 18.8 Å². The van der Waals surface area contributed by atoms with Crippen molar-refractivity contribution in [2.45, 2.75) is 37.5 Å². The second-order valence-corrected chi connectivity index (χ2v) is 9.22. The van der Waals surface area contributed by atoms with Crippen LogP contribution in [0.3, 0.4) is 0 Å². The van der Waals surface area contributed by atoms with Crippen LogP contribution < -0.4 is 4.72 Å². The van der Waals surface area contributed by atoms with Gasteiger partial charge >= 0.3 is 0 Å². The summed E-state index contributed by atoms with van der Waals surface area (Å²) in [6, 6.07) is 0. The van der Waals surface area contributed by atoms with E-state index in [1.54, 1.807) is 0 Å². The third-order valence-corrected chi connectivity index (χ3v) is 7.40. The molecule has 0 bridgehead atoms. The summed E-state index contributed by atoms with van der Waals surface area (Å²) in [5.41, 5.74) is 0.488. The highest BCUT2D eigenvalue weighted by Gasteiger charge is 2.29. The topological polar surface area (TPSA) is 136 Å². The van der Waals surface area contributed by atoms with E-state index in [0.29, 0.717) is 0 Å². The second-order valence-electron chi connectivity index (χ2n) is 5.53. The van der Waals surface area contributed by atoms with Crippen LogP contribution in [0.4, 0.5) is 0 Å². The number of likely N-dealkylation sites (N-methyl/N-ethyl adjacent to an activating group) is 1. The van der Waals surface area contributed by atoms with Crippen LogP contribution in [0.25, 0.3) is 0 Å². The van der Waals surface area contributed by atoms with E-state index in [2.05, 4.69) is 15.0 Å². The molecule has 12 heteroatoms. The quantitative estimate of drug-likeness (QED) is 0.719. The maximum Gasteiger partial charge on any atom is 0.248 e. The Bertz CT molecular complexity index is 935. The average molecular weight is 392 g/mol. The molecule has 0 aromatic carbocycles. The number of rotatable bonds is 7. The van der Waals surface area contributed by atoms with Crippen molar-refractivity contribution in [1.82, 2.24) is 19.3 Å². The summed E-state index contributed by atoms with van der Waals surface area (Å²) in [7, 11) is -6.33. The molecule has 0 spiro atoms. The highest BCUT2D eigenvalue weighted by atomic mass is 32.2. The monoisotopic (exact) mass is 392 g/mol. The van der Waals surface area contributed by atoms with Crippen LogP contribution in [0.2, 0.25) is 0 Å². The number of nitrogens with one attached hydrogen (secondary N) is 1. The zero-order chi connectivity index (χ0) is 19.0. The molecule has 0 amide bonds. The van der Waals surface area contributed by atoms with Gasteiger partial charge in [0.15, 0.2) is 11.5 Å². The zero-order valence-corrected chi connectivity index (χ0v) is 16.2.